The standard InChI is InChI=1S/C26H33N3OS/c1-5-6-18(2)28-20(4)25-12-9-23(17-27-25)26(30)29-15-13-22(14-16-29)19(3)21-7-10-24(31)11-8-21/h7-12,17-18,22,31H,3,5-6,13-16H2,1-2,4H3. The molecule has 1 unspecified atom stereocenters. The SMILES string of the molecule is C=C(c1ccc(S)cc1)C1CCN(C(=O)c2ccc(C(C)=NC(C)CCC)nc2)CC1. The molecule has 0 saturated carbocycles. The van der Waals surface area contributed by atoms with E-state index in [-0.39, 0.29) is 5.91 Å². The first kappa shape index (κ1) is 23.3. The van der Waals surface area contributed by atoms with Crippen molar-refractivity contribution >= 4 is 29.8 Å². The number of thiol groups is 1. The summed E-state index contributed by atoms with van der Waals surface area (Å²) in [6.07, 6.45) is 5.73. The molecule has 5 heteroatoms. The molecular weight excluding hydrogens is 402 g/mol. The summed E-state index contributed by atoms with van der Waals surface area (Å²) in [5, 5.41) is 0. The molecule has 164 valence electrons. The van der Waals surface area contributed by atoms with E-state index in [4.69, 9.17) is 4.99 Å². The molecule has 2 heterocycles. The third-order valence-corrected chi connectivity index (χ3v) is 6.31. The van der Waals surface area contributed by atoms with Crippen LogP contribution in [0.25, 0.3) is 5.57 Å². The summed E-state index contributed by atoms with van der Waals surface area (Å²) >= 11 is 4.35. The minimum Gasteiger partial charge on any atom is -0.339 e. The third kappa shape index (κ3) is 6.07. The summed E-state index contributed by atoms with van der Waals surface area (Å²) in [7, 11) is 0. The number of carbonyl (C=O) groups excluding carboxylic acids is 1. The largest absolute Gasteiger partial charge is 0.339 e. The highest BCUT2D eigenvalue weighted by Crippen LogP contribution is 2.31. The molecule has 0 spiro atoms. The van der Waals surface area contributed by atoms with Gasteiger partial charge in [-0.1, -0.05) is 32.1 Å². The van der Waals surface area contributed by atoms with Crippen LogP contribution < -0.4 is 0 Å². The monoisotopic (exact) mass is 435 g/mol. The van der Waals surface area contributed by atoms with Gasteiger partial charge >= 0.3 is 0 Å². The number of hydrogen-bond acceptors (Lipinski definition) is 4. The average Bonchev–Trinajstić information content (AvgIpc) is 2.79. The fraction of sp³-hybridized carbons (Fsp3) is 0.423. The normalized spacial score (nSPS) is 16.3. The maximum Gasteiger partial charge on any atom is 0.255 e. The summed E-state index contributed by atoms with van der Waals surface area (Å²) in [6, 6.07) is 12.2. The lowest BCUT2D eigenvalue weighted by molar-refractivity contribution is 0.0707. The van der Waals surface area contributed by atoms with E-state index >= 15 is 0 Å². The Balaban J connectivity index is 1.58. The lowest BCUT2D eigenvalue weighted by Crippen LogP contribution is -2.38. The maximum absolute atomic E-state index is 13.0. The topological polar surface area (TPSA) is 45.6 Å². The fourth-order valence-corrected chi connectivity index (χ4v) is 4.29. The average molecular weight is 436 g/mol. The molecule has 1 amide bonds. The van der Waals surface area contributed by atoms with E-state index in [1.54, 1.807) is 6.20 Å². The van der Waals surface area contributed by atoms with Crippen LogP contribution in [-0.2, 0) is 0 Å². The second-order valence-corrected chi connectivity index (χ2v) is 8.94. The molecule has 4 nitrogen and oxygen atoms in total. The lowest BCUT2D eigenvalue weighted by Gasteiger charge is -2.33. The summed E-state index contributed by atoms with van der Waals surface area (Å²) < 4.78 is 0. The Morgan fingerprint density at radius 1 is 1.19 bits per heavy atom. The highest BCUT2D eigenvalue weighted by atomic mass is 32.1. The number of benzene rings is 1. The van der Waals surface area contributed by atoms with Crippen molar-refractivity contribution in [3.8, 4) is 0 Å². The molecule has 1 atom stereocenters. The minimum absolute atomic E-state index is 0.0523. The Kier molecular flexibility index (Phi) is 8.08. The predicted octanol–water partition coefficient (Wildman–Crippen LogP) is 5.93. The van der Waals surface area contributed by atoms with E-state index in [2.05, 4.69) is 50.2 Å². The maximum atomic E-state index is 13.0. The molecule has 1 saturated heterocycles. The number of pyridine rings is 1. The van der Waals surface area contributed by atoms with Crippen LogP contribution >= 0.6 is 12.6 Å². The molecule has 1 aromatic carbocycles. The van der Waals surface area contributed by atoms with Gasteiger partial charge in [-0.3, -0.25) is 14.8 Å². The number of hydrogen-bond donors (Lipinski definition) is 1. The smallest absolute Gasteiger partial charge is 0.255 e. The van der Waals surface area contributed by atoms with Crippen LogP contribution in [0.2, 0.25) is 0 Å². The predicted molar refractivity (Wildman–Crippen MR) is 132 cm³/mol. The molecule has 0 radical (unpaired) electrons. The molecule has 0 aliphatic carbocycles. The van der Waals surface area contributed by atoms with Crippen LogP contribution in [0.3, 0.4) is 0 Å². The number of aliphatic imine (C=N–C) groups is 1. The van der Waals surface area contributed by atoms with Crippen molar-refractivity contribution in [3.05, 3.63) is 66.0 Å². The Labute approximate surface area is 191 Å². The van der Waals surface area contributed by atoms with Crippen LogP contribution in [-0.4, -0.2) is 40.6 Å². The van der Waals surface area contributed by atoms with Gasteiger partial charge in [-0.2, -0.15) is 0 Å². The Morgan fingerprint density at radius 3 is 2.42 bits per heavy atom. The van der Waals surface area contributed by atoms with E-state index in [0.29, 0.717) is 17.5 Å². The van der Waals surface area contributed by atoms with Gasteiger partial charge in [0, 0.05) is 30.2 Å². The van der Waals surface area contributed by atoms with Gasteiger partial charge in [0.2, 0.25) is 0 Å². The number of aromatic nitrogens is 1. The molecule has 0 bridgehead atoms. The third-order valence-electron chi connectivity index (χ3n) is 6.01. The summed E-state index contributed by atoms with van der Waals surface area (Å²) in [5.41, 5.74) is 4.71. The Bertz CT molecular complexity index is 926. The van der Waals surface area contributed by atoms with Crippen LogP contribution in [0.4, 0.5) is 0 Å². The van der Waals surface area contributed by atoms with Crippen molar-refractivity contribution in [3.63, 3.8) is 0 Å². The van der Waals surface area contributed by atoms with E-state index in [1.165, 1.54) is 0 Å². The summed E-state index contributed by atoms with van der Waals surface area (Å²) in [5.74, 6) is 0.454. The molecule has 3 rings (SSSR count). The summed E-state index contributed by atoms with van der Waals surface area (Å²) in [6.45, 7) is 12.1. The Morgan fingerprint density at radius 2 is 1.84 bits per heavy atom. The van der Waals surface area contributed by atoms with Crippen molar-refractivity contribution in [2.24, 2.45) is 10.9 Å². The van der Waals surface area contributed by atoms with Gasteiger partial charge < -0.3 is 4.90 Å². The zero-order valence-electron chi connectivity index (χ0n) is 18.8. The molecular formula is C26H33N3OS. The zero-order valence-corrected chi connectivity index (χ0v) is 19.7. The molecule has 1 aromatic heterocycles. The van der Waals surface area contributed by atoms with Gasteiger partial charge in [0.25, 0.3) is 5.91 Å². The van der Waals surface area contributed by atoms with Gasteiger partial charge in [-0.05, 0) is 74.4 Å². The van der Waals surface area contributed by atoms with E-state index in [9.17, 15) is 4.79 Å². The molecule has 1 fully saturated rings. The molecule has 1 aliphatic heterocycles. The quantitative estimate of drug-likeness (QED) is 0.432. The van der Waals surface area contributed by atoms with Crippen LogP contribution in [0.15, 0.2) is 59.1 Å². The highest BCUT2D eigenvalue weighted by molar-refractivity contribution is 7.80. The minimum atomic E-state index is 0.0523. The number of rotatable bonds is 7. The first-order chi connectivity index (χ1) is 14.9. The van der Waals surface area contributed by atoms with Crippen molar-refractivity contribution in [1.29, 1.82) is 0 Å². The number of likely N-dealkylation sites (tertiary alicyclic amines) is 1. The van der Waals surface area contributed by atoms with Crippen LogP contribution in [0, 0.1) is 5.92 Å². The van der Waals surface area contributed by atoms with Gasteiger partial charge in [0.15, 0.2) is 0 Å². The van der Waals surface area contributed by atoms with Gasteiger partial charge in [-0.15, -0.1) is 12.6 Å². The first-order valence-electron chi connectivity index (χ1n) is 11.2. The Hall–Kier alpha value is -2.40. The molecule has 0 N–H and O–H groups in total. The van der Waals surface area contributed by atoms with E-state index in [1.807, 2.05) is 36.1 Å². The first-order valence-corrected chi connectivity index (χ1v) is 11.6. The van der Waals surface area contributed by atoms with E-state index in [0.717, 1.165) is 66.2 Å². The second-order valence-electron chi connectivity index (χ2n) is 8.42. The van der Waals surface area contributed by atoms with Crippen LogP contribution in [0.1, 0.15) is 68.1 Å². The number of carbonyl (C=O) groups is 1. The van der Waals surface area contributed by atoms with Gasteiger partial charge in [-0.25, -0.2) is 0 Å². The number of amides is 1. The molecule has 31 heavy (non-hydrogen) atoms. The zero-order chi connectivity index (χ0) is 22.4. The van der Waals surface area contributed by atoms with E-state index < -0.39 is 0 Å². The highest BCUT2D eigenvalue weighted by Gasteiger charge is 2.25. The van der Waals surface area contributed by atoms with Crippen LogP contribution in [0.5, 0.6) is 0 Å². The summed E-state index contributed by atoms with van der Waals surface area (Å²) in [4.78, 5) is 25.0. The fourth-order valence-electron chi connectivity index (χ4n) is 4.14. The van der Waals surface area contributed by atoms with Crippen molar-refractivity contribution < 1.29 is 4.79 Å². The number of allylic oxidation sites excluding steroid dienone is 1. The molecule has 1 aliphatic rings. The lowest BCUT2D eigenvalue weighted by atomic mass is 9.86. The number of piperidine rings is 1. The number of nitrogens with zero attached hydrogens (tertiary/aromatic N) is 3. The second kappa shape index (κ2) is 10.8. The molecule has 2 aromatic rings. The van der Waals surface area contributed by atoms with Crippen molar-refractivity contribution in [1.82, 2.24) is 9.88 Å². The van der Waals surface area contributed by atoms with Gasteiger partial charge in [0.05, 0.1) is 17.0 Å². The van der Waals surface area contributed by atoms with Crippen molar-refractivity contribution in [2.45, 2.75) is 57.4 Å². The van der Waals surface area contributed by atoms with Gasteiger partial charge in [0.1, 0.15) is 0 Å². The van der Waals surface area contributed by atoms with Crippen molar-refractivity contribution in [2.75, 3.05) is 13.1 Å².